The first-order chi connectivity index (χ1) is 7.75. The molecule has 2 rings (SSSR count). The van der Waals surface area contributed by atoms with Crippen LogP contribution >= 0.6 is 33.9 Å². The highest BCUT2D eigenvalue weighted by molar-refractivity contribution is 14.1. The highest BCUT2D eigenvalue weighted by Crippen LogP contribution is 2.10. The SMILES string of the molecule is O=C(C=Cc1nccs1)c1ccc(I)cc1. The monoisotopic (exact) mass is 341 g/mol. The average molecular weight is 341 g/mol. The van der Waals surface area contributed by atoms with Gasteiger partial charge in [0.25, 0.3) is 0 Å². The van der Waals surface area contributed by atoms with E-state index in [0.717, 1.165) is 8.58 Å². The molecule has 0 saturated carbocycles. The third kappa shape index (κ3) is 2.99. The number of benzene rings is 1. The molecule has 16 heavy (non-hydrogen) atoms. The van der Waals surface area contributed by atoms with Gasteiger partial charge < -0.3 is 0 Å². The van der Waals surface area contributed by atoms with Crippen molar-refractivity contribution in [3.05, 3.63) is 56.1 Å². The van der Waals surface area contributed by atoms with E-state index in [4.69, 9.17) is 0 Å². The van der Waals surface area contributed by atoms with Crippen molar-refractivity contribution in [3.8, 4) is 0 Å². The van der Waals surface area contributed by atoms with Crippen LogP contribution in [0.5, 0.6) is 0 Å². The Kier molecular flexibility index (Phi) is 3.84. The average Bonchev–Trinajstić information content (AvgIpc) is 2.80. The number of nitrogens with zero attached hydrogens (tertiary/aromatic N) is 1. The lowest BCUT2D eigenvalue weighted by Gasteiger charge is -1.95. The van der Waals surface area contributed by atoms with Gasteiger partial charge in [0.1, 0.15) is 5.01 Å². The number of aromatic nitrogens is 1. The summed E-state index contributed by atoms with van der Waals surface area (Å²) in [5.74, 6) is 0.00611. The smallest absolute Gasteiger partial charge is 0.185 e. The predicted molar refractivity (Wildman–Crippen MR) is 74.6 cm³/mol. The zero-order valence-corrected chi connectivity index (χ0v) is 11.2. The van der Waals surface area contributed by atoms with Gasteiger partial charge in [-0.25, -0.2) is 4.98 Å². The number of hydrogen-bond donors (Lipinski definition) is 0. The molecule has 0 fully saturated rings. The molecule has 0 aliphatic rings. The van der Waals surface area contributed by atoms with Crippen molar-refractivity contribution in [2.45, 2.75) is 0 Å². The van der Waals surface area contributed by atoms with E-state index in [1.54, 1.807) is 18.3 Å². The van der Waals surface area contributed by atoms with Gasteiger partial charge in [-0.1, -0.05) is 12.1 Å². The van der Waals surface area contributed by atoms with Crippen molar-refractivity contribution in [1.29, 1.82) is 0 Å². The van der Waals surface area contributed by atoms with E-state index in [2.05, 4.69) is 27.6 Å². The molecule has 2 aromatic rings. The molecule has 2 nitrogen and oxygen atoms in total. The summed E-state index contributed by atoms with van der Waals surface area (Å²) < 4.78 is 1.12. The van der Waals surface area contributed by atoms with Crippen LogP contribution in [0.2, 0.25) is 0 Å². The van der Waals surface area contributed by atoms with E-state index in [-0.39, 0.29) is 5.78 Å². The van der Waals surface area contributed by atoms with E-state index in [1.807, 2.05) is 29.6 Å². The molecule has 80 valence electrons. The second-order valence-electron chi connectivity index (χ2n) is 3.07. The highest BCUT2D eigenvalue weighted by Gasteiger charge is 2.00. The lowest BCUT2D eigenvalue weighted by atomic mass is 10.1. The molecule has 0 bridgehead atoms. The normalized spacial score (nSPS) is 10.8. The van der Waals surface area contributed by atoms with Crippen molar-refractivity contribution in [2.24, 2.45) is 0 Å². The minimum Gasteiger partial charge on any atom is -0.289 e. The van der Waals surface area contributed by atoms with E-state index < -0.39 is 0 Å². The molecule has 4 heteroatoms. The maximum absolute atomic E-state index is 11.7. The maximum Gasteiger partial charge on any atom is 0.185 e. The Morgan fingerprint density at radius 1 is 1.31 bits per heavy atom. The minimum absolute atomic E-state index is 0.00611. The first-order valence-electron chi connectivity index (χ1n) is 4.63. The first-order valence-corrected chi connectivity index (χ1v) is 6.59. The molecule has 1 aromatic heterocycles. The van der Waals surface area contributed by atoms with Crippen LogP contribution in [0.4, 0.5) is 0 Å². The fraction of sp³-hybridized carbons (Fsp3) is 0. The molecule has 0 aliphatic carbocycles. The van der Waals surface area contributed by atoms with Crippen LogP contribution in [0.3, 0.4) is 0 Å². The minimum atomic E-state index is 0.00611. The van der Waals surface area contributed by atoms with Crippen molar-refractivity contribution < 1.29 is 4.79 Å². The summed E-state index contributed by atoms with van der Waals surface area (Å²) in [6.45, 7) is 0. The van der Waals surface area contributed by atoms with E-state index in [0.29, 0.717) is 5.56 Å². The number of ketones is 1. The Bertz CT molecular complexity index is 502. The molecule has 0 radical (unpaired) electrons. The van der Waals surface area contributed by atoms with Crippen LogP contribution in [0, 0.1) is 3.57 Å². The molecule has 0 aliphatic heterocycles. The van der Waals surface area contributed by atoms with Gasteiger partial charge in [0.2, 0.25) is 0 Å². The van der Waals surface area contributed by atoms with Gasteiger partial charge in [0.15, 0.2) is 5.78 Å². The van der Waals surface area contributed by atoms with Crippen LogP contribution in [0.25, 0.3) is 6.08 Å². The number of carbonyl (C=O) groups is 1. The second kappa shape index (κ2) is 5.36. The van der Waals surface area contributed by atoms with Crippen LogP contribution in [0.1, 0.15) is 15.4 Å². The van der Waals surface area contributed by atoms with Crippen molar-refractivity contribution in [2.75, 3.05) is 0 Å². The first kappa shape index (κ1) is 11.5. The number of carbonyl (C=O) groups excluding carboxylic acids is 1. The summed E-state index contributed by atoms with van der Waals surface area (Å²) in [5.41, 5.74) is 0.702. The summed E-state index contributed by atoms with van der Waals surface area (Å²) >= 11 is 3.72. The van der Waals surface area contributed by atoms with Gasteiger partial charge in [-0.05, 0) is 46.9 Å². The number of hydrogen-bond acceptors (Lipinski definition) is 3. The van der Waals surface area contributed by atoms with Crippen molar-refractivity contribution in [1.82, 2.24) is 4.98 Å². The fourth-order valence-corrected chi connectivity index (χ4v) is 2.06. The van der Waals surface area contributed by atoms with Gasteiger partial charge in [-0.2, -0.15) is 0 Å². The van der Waals surface area contributed by atoms with E-state index in [9.17, 15) is 4.79 Å². The van der Waals surface area contributed by atoms with Crippen LogP contribution in [-0.2, 0) is 0 Å². The van der Waals surface area contributed by atoms with Crippen molar-refractivity contribution >= 4 is 45.8 Å². The van der Waals surface area contributed by atoms with Crippen LogP contribution in [0.15, 0.2) is 41.9 Å². The number of rotatable bonds is 3. The molecular weight excluding hydrogens is 333 g/mol. The van der Waals surface area contributed by atoms with Gasteiger partial charge in [-0.3, -0.25) is 4.79 Å². The molecule has 1 heterocycles. The number of halogens is 1. The third-order valence-electron chi connectivity index (χ3n) is 1.96. The lowest BCUT2D eigenvalue weighted by Crippen LogP contribution is -1.93. The summed E-state index contributed by atoms with van der Waals surface area (Å²) in [6, 6.07) is 7.50. The number of thiazole rings is 1. The van der Waals surface area contributed by atoms with Gasteiger partial charge >= 0.3 is 0 Å². The molecule has 0 amide bonds. The quantitative estimate of drug-likeness (QED) is 0.485. The Balaban J connectivity index is 2.11. The topological polar surface area (TPSA) is 30.0 Å². The molecule has 0 N–H and O–H groups in total. The van der Waals surface area contributed by atoms with E-state index in [1.165, 1.54) is 11.3 Å². The second-order valence-corrected chi connectivity index (χ2v) is 5.25. The maximum atomic E-state index is 11.7. The third-order valence-corrected chi connectivity index (χ3v) is 3.42. The summed E-state index contributed by atoms with van der Waals surface area (Å²) in [4.78, 5) is 15.8. The van der Waals surface area contributed by atoms with Gasteiger partial charge in [0, 0.05) is 20.7 Å². The van der Waals surface area contributed by atoms with Gasteiger partial charge in [-0.15, -0.1) is 11.3 Å². The zero-order valence-electron chi connectivity index (χ0n) is 8.26. The molecule has 0 saturated heterocycles. The Labute approximate surface area is 111 Å². The Hall–Kier alpha value is -1.01. The molecule has 0 atom stereocenters. The Morgan fingerprint density at radius 2 is 2.06 bits per heavy atom. The molecule has 0 unspecified atom stereocenters. The van der Waals surface area contributed by atoms with Crippen molar-refractivity contribution in [3.63, 3.8) is 0 Å². The standard InChI is InChI=1S/C12H8INOS/c13-10-3-1-9(2-4-10)11(15)5-6-12-14-7-8-16-12/h1-8H. The van der Waals surface area contributed by atoms with Gasteiger partial charge in [0.05, 0.1) is 0 Å². The zero-order chi connectivity index (χ0) is 11.4. The predicted octanol–water partition coefficient (Wildman–Crippen LogP) is 3.64. The fourth-order valence-electron chi connectivity index (χ4n) is 1.17. The lowest BCUT2D eigenvalue weighted by molar-refractivity contribution is 0.104. The molecule has 1 aromatic carbocycles. The van der Waals surface area contributed by atoms with Crippen LogP contribution < -0.4 is 0 Å². The molecule has 0 spiro atoms. The Morgan fingerprint density at radius 3 is 2.69 bits per heavy atom. The van der Waals surface area contributed by atoms with Crippen LogP contribution in [-0.4, -0.2) is 10.8 Å². The summed E-state index contributed by atoms with van der Waals surface area (Å²) in [6.07, 6.45) is 5.02. The summed E-state index contributed by atoms with van der Waals surface area (Å²) in [7, 11) is 0. The summed E-state index contributed by atoms with van der Waals surface area (Å²) in [5, 5.41) is 2.73. The van der Waals surface area contributed by atoms with E-state index >= 15 is 0 Å². The largest absolute Gasteiger partial charge is 0.289 e. The number of allylic oxidation sites excluding steroid dienone is 1. The molecular formula is C12H8INOS. The highest BCUT2D eigenvalue weighted by atomic mass is 127.